The molecule has 3 heteroatoms. The van der Waals surface area contributed by atoms with E-state index in [1.807, 2.05) is 6.20 Å². The number of hydrogen-bond acceptors (Lipinski definition) is 2. The van der Waals surface area contributed by atoms with Crippen molar-refractivity contribution < 1.29 is 0 Å². The number of nitrogens with zero attached hydrogens (tertiary/aromatic N) is 2. The summed E-state index contributed by atoms with van der Waals surface area (Å²) in [4.78, 5) is 2.61. The Morgan fingerprint density at radius 2 is 2.05 bits per heavy atom. The lowest BCUT2D eigenvalue weighted by molar-refractivity contribution is 0.186. The zero-order valence-corrected chi connectivity index (χ0v) is 14.0. The molecule has 1 fully saturated rings. The van der Waals surface area contributed by atoms with Crippen molar-refractivity contribution in [3.8, 4) is 11.1 Å². The molecular formula is C19H27N3. The van der Waals surface area contributed by atoms with Crippen LogP contribution in [0, 0.1) is 12.8 Å². The van der Waals surface area contributed by atoms with E-state index in [9.17, 15) is 0 Å². The van der Waals surface area contributed by atoms with Crippen LogP contribution in [-0.4, -0.2) is 34.7 Å². The highest BCUT2D eigenvalue weighted by Crippen LogP contribution is 2.33. The van der Waals surface area contributed by atoms with Crippen LogP contribution in [0.15, 0.2) is 30.5 Å². The minimum atomic E-state index is 0.575. The fraction of sp³-hybridized carbons (Fsp3) is 0.526. The maximum atomic E-state index is 4.34. The molecule has 0 saturated carbocycles. The topological polar surface area (TPSA) is 31.9 Å². The van der Waals surface area contributed by atoms with Gasteiger partial charge in [0.05, 0.1) is 6.20 Å². The van der Waals surface area contributed by atoms with Gasteiger partial charge in [-0.1, -0.05) is 43.7 Å². The molecular weight excluding hydrogens is 270 g/mol. The molecule has 0 bridgehead atoms. The summed E-state index contributed by atoms with van der Waals surface area (Å²) in [5.74, 6) is 1.31. The van der Waals surface area contributed by atoms with Gasteiger partial charge in [0.15, 0.2) is 0 Å². The molecule has 3 rings (SSSR count). The fourth-order valence-corrected chi connectivity index (χ4v) is 3.54. The maximum absolute atomic E-state index is 4.34. The van der Waals surface area contributed by atoms with E-state index < -0.39 is 0 Å². The van der Waals surface area contributed by atoms with Gasteiger partial charge in [0.2, 0.25) is 0 Å². The van der Waals surface area contributed by atoms with Crippen molar-refractivity contribution >= 4 is 0 Å². The quantitative estimate of drug-likeness (QED) is 0.916. The molecule has 1 aromatic heterocycles. The zero-order chi connectivity index (χ0) is 15.5. The van der Waals surface area contributed by atoms with Gasteiger partial charge in [0, 0.05) is 30.3 Å². The van der Waals surface area contributed by atoms with Crippen LogP contribution in [0.4, 0.5) is 0 Å². The van der Waals surface area contributed by atoms with Gasteiger partial charge < -0.3 is 4.90 Å². The Hall–Kier alpha value is -1.61. The Morgan fingerprint density at radius 1 is 1.27 bits per heavy atom. The monoisotopic (exact) mass is 297 g/mol. The van der Waals surface area contributed by atoms with E-state index in [0.717, 1.165) is 12.5 Å². The van der Waals surface area contributed by atoms with Crippen LogP contribution >= 0.6 is 0 Å². The van der Waals surface area contributed by atoms with Crippen molar-refractivity contribution in [3.63, 3.8) is 0 Å². The first kappa shape index (κ1) is 15.3. The lowest BCUT2D eigenvalue weighted by atomic mass is 9.90. The van der Waals surface area contributed by atoms with Gasteiger partial charge in [-0.05, 0) is 37.8 Å². The smallest absolute Gasteiger partial charge is 0.0568 e. The summed E-state index contributed by atoms with van der Waals surface area (Å²) in [6.45, 7) is 10.3. The molecule has 2 heterocycles. The van der Waals surface area contributed by atoms with E-state index >= 15 is 0 Å². The number of hydrogen-bond donors (Lipinski definition) is 1. The van der Waals surface area contributed by atoms with Crippen LogP contribution in [0.2, 0.25) is 0 Å². The highest BCUT2D eigenvalue weighted by Gasteiger charge is 2.25. The van der Waals surface area contributed by atoms with E-state index in [1.165, 1.54) is 48.3 Å². The standard InChI is InChI=1S/C19H27N3/c1-14(2)12-22-10-4-5-17(13-22)19-18(11-20-21-19)16-8-6-15(3)7-9-16/h6-9,11,14,17H,4-5,10,12-13H2,1-3H3,(H,20,21)/t17-/m0/s1. The second kappa shape index (κ2) is 6.66. The average Bonchev–Trinajstić information content (AvgIpc) is 2.97. The van der Waals surface area contributed by atoms with Gasteiger partial charge >= 0.3 is 0 Å². The summed E-state index contributed by atoms with van der Waals surface area (Å²) < 4.78 is 0. The third kappa shape index (κ3) is 3.41. The van der Waals surface area contributed by atoms with E-state index in [-0.39, 0.29) is 0 Å². The normalized spacial score (nSPS) is 19.7. The van der Waals surface area contributed by atoms with Crippen LogP contribution in [0.1, 0.15) is 43.9 Å². The number of benzene rings is 1. The van der Waals surface area contributed by atoms with E-state index in [1.54, 1.807) is 0 Å². The van der Waals surface area contributed by atoms with Crippen molar-refractivity contribution in [1.29, 1.82) is 0 Å². The number of likely N-dealkylation sites (tertiary alicyclic amines) is 1. The van der Waals surface area contributed by atoms with E-state index in [4.69, 9.17) is 0 Å². The van der Waals surface area contributed by atoms with Gasteiger partial charge in [-0.25, -0.2) is 0 Å². The summed E-state index contributed by atoms with van der Waals surface area (Å²) in [5, 5.41) is 7.62. The van der Waals surface area contributed by atoms with Crippen LogP contribution in [0.3, 0.4) is 0 Å². The lowest BCUT2D eigenvalue weighted by Crippen LogP contribution is -2.37. The third-order valence-corrected chi connectivity index (χ3v) is 4.57. The molecule has 118 valence electrons. The lowest BCUT2D eigenvalue weighted by Gasteiger charge is -2.33. The number of nitrogens with one attached hydrogen (secondary N) is 1. The molecule has 22 heavy (non-hydrogen) atoms. The highest BCUT2D eigenvalue weighted by molar-refractivity contribution is 5.66. The van der Waals surface area contributed by atoms with Crippen molar-refractivity contribution in [2.45, 2.75) is 39.5 Å². The van der Waals surface area contributed by atoms with Gasteiger partial charge in [-0.3, -0.25) is 5.10 Å². The summed E-state index contributed by atoms with van der Waals surface area (Å²) in [6.07, 6.45) is 4.53. The SMILES string of the molecule is Cc1ccc(-c2cn[nH]c2[C@H]2CCCN(CC(C)C)C2)cc1. The molecule has 0 radical (unpaired) electrons. The molecule has 1 aromatic carbocycles. The summed E-state index contributed by atoms with van der Waals surface area (Å²) in [5.41, 5.74) is 5.17. The Kier molecular flexibility index (Phi) is 4.63. The molecule has 1 atom stereocenters. The van der Waals surface area contributed by atoms with Gasteiger partial charge in [-0.15, -0.1) is 0 Å². The number of H-pyrrole nitrogens is 1. The predicted octanol–water partition coefficient (Wildman–Crippen LogP) is 4.22. The number of piperidine rings is 1. The molecule has 1 N–H and O–H groups in total. The van der Waals surface area contributed by atoms with Crippen LogP contribution in [0.5, 0.6) is 0 Å². The van der Waals surface area contributed by atoms with Crippen molar-refractivity contribution in [2.24, 2.45) is 5.92 Å². The largest absolute Gasteiger partial charge is 0.302 e. The predicted molar refractivity (Wildman–Crippen MR) is 92.0 cm³/mol. The second-order valence-electron chi connectivity index (χ2n) is 7.06. The van der Waals surface area contributed by atoms with Crippen LogP contribution in [0.25, 0.3) is 11.1 Å². The molecule has 0 aliphatic carbocycles. The summed E-state index contributed by atoms with van der Waals surface area (Å²) >= 11 is 0. The Bertz CT molecular complexity index is 597. The molecule has 0 unspecified atom stereocenters. The number of aryl methyl sites for hydroxylation is 1. The number of aromatic nitrogens is 2. The molecule has 1 aliphatic heterocycles. The van der Waals surface area contributed by atoms with Gasteiger partial charge in [0.1, 0.15) is 0 Å². The highest BCUT2D eigenvalue weighted by atomic mass is 15.2. The first-order valence-electron chi connectivity index (χ1n) is 8.46. The Morgan fingerprint density at radius 3 is 2.77 bits per heavy atom. The summed E-state index contributed by atoms with van der Waals surface area (Å²) in [7, 11) is 0. The minimum absolute atomic E-state index is 0.575. The first-order chi connectivity index (χ1) is 10.6. The fourth-order valence-electron chi connectivity index (χ4n) is 3.54. The van der Waals surface area contributed by atoms with Crippen molar-refractivity contribution in [1.82, 2.24) is 15.1 Å². The molecule has 3 nitrogen and oxygen atoms in total. The van der Waals surface area contributed by atoms with Crippen molar-refractivity contribution in [3.05, 3.63) is 41.7 Å². The molecule has 1 saturated heterocycles. The molecule has 2 aromatic rings. The number of aromatic amines is 1. The van der Waals surface area contributed by atoms with Crippen LogP contribution < -0.4 is 0 Å². The second-order valence-corrected chi connectivity index (χ2v) is 7.06. The van der Waals surface area contributed by atoms with Crippen LogP contribution in [-0.2, 0) is 0 Å². The summed E-state index contributed by atoms with van der Waals surface area (Å²) in [6, 6.07) is 8.77. The maximum Gasteiger partial charge on any atom is 0.0568 e. The zero-order valence-electron chi connectivity index (χ0n) is 14.0. The minimum Gasteiger partial charge on any atom is -0.302 e. The Labute approximate surface area is 133 Å². The van der Waals surface area contributed by atoms with Gasteiger partial charge in [-0.2, -0.15) is 5.10 Å². The molecule has 1 aliphatic rings. The average molecular weight is 297 g/mol. The number of rotatable bonds is 4. The Balaban J connectivity index is 1.80. The third-order valence-electron chi connectivity index (χ3n) is 4.57. The van der Waals surface area contributed by atoms with Gasteiger partial charge in [0.25, 0.3) is 0 Å². The van der Waals surface area contributed by atoms with Crippen molar-refractivity contribution in [2.75, 3.05) is 19.6 Å². The van der Waals surface area contributed by atoms with E-state index in [2.05, 4.69) is 60.1 Å². The molecule has 0 amide bonds. The van der Waals surface area contributed by atoms with E-state index in [0.29, 0.717) is 5.92 Å². The first-order valence-corrected chi connectivity index (χ1v) is 8.46. The molecule has 0 spiro atoms.